The number of rotatable bonds is 4. The van der Waals surface area contributed by atoms with Gasteiger partial charge in [-0.05, 0) is 53.3 Å². The van der Waals surface area contributed by atoms with Crippen LogP contribution < -0.4 is 9.47 Å². The number of hydrogen-bond donors (Lipinski definition) is 0. The first-order valence-corrected chi connectivity index (χ1v) is 9.60. The highest BCUT2D eigenvalue weighted by Crippen LogP contribution is 2.42. The Morgan fingerprint density at radius 3 is 2.56 bits per heavy atom. The van der Waals surface area contributed by atoms with E-state index >= 15 is 0 Å². The average molecular weight is 380 g/mol. The molecule has 0 saturated carbocycles. The molecule has 0 spiro atoms. The maximum Gasteiger partial charge on any atom is 0.254 e. The number of ether oxygens (including phenoxy) is 2. The summed E-state index contributed by atoms with van der Waals surface area (Å²) in [5, 5.41) is 2.04. The third-order valence-corrected chi connectivity index (χ3v) is 5.80. The molecule has 1 aromatic carbocycles. The summed E-state index contributed by atoms with van der Waals surface area (Å²) in [5.41, 5.74) is 2.92. The van der Waals surface area contributed by atoms with Crippen molar-refractivity contribution in [3.63, 3.8) is 0 Å². The molecule has 0 unspecified atom stereocenters. The van der Waals surface area contributed by atoms with E-state index in [2.05, 4.69) is 11.1 Å². The number of nitrogens with zero attached hydrogens (tertiary/aromatic N) is 2. The largest absolute Gasteiger partial charge is 0.493 e. The summed E-state index contributed by atoms with van der Waals surface area (Å²) in [6.45, 7) is 0.645. The monoisotopic (exact) mass is 380 g/mol. The van der Waals surface area contributed by atoms with Crippen LogP contribution in [0.2, 0.25) is 0 Å². The molecule has 0 fully saturated rings. The van der Waals surface area contributed by atoms with E-state index in [4.69, 9.17) is 9.47 Å². The molecule has 1 amide bonds. The van der Waals surface area contributed by atoms with Gasteiger partial charge in [0.15, 0.2) is 11.5 Å². The molecule has 138 valence electrons. The van der Waals surface area contributed by atoms with Crippen molar-refractivity contribution in [2.75, 3.05) is 20.8 Å². The molecule has 3 heterocycles. The highest BCUT2D eigenvalue weighted by molar-refractivity contribution is 7.10. The van der Waals surface area contributed by atoms with Gasteiger partial charge in [0.25, 0.3) is 5.91 Å². The predicted molar refractivity (Wildman–Crippen MR) is 105 cm³/mol. The molecule has 5 nitrogen and oxygen atoms in total. The van der Waals surface area contributed by atoms with Crippen molar-refractivity contribution >= 4 is 17.2 Å². The minimum atomic E-state index is -0.144. The predicted octanol–water partition coefficient (Wildman–Crippen LogP) is 3.95. The second-order valence-corrected chi connectivity index (χ2v) is 7.29. The topological polar surface area (TPSA) is 51.7 Å². The fourth-order valence-electron chi connectivity index (χ4n) is 3.58. The minimum Gasteiger partial charge on any atom is -0.493 e. The van der Waals surface area contributed by atoms with Gasteiger partial charge in [0, 0.05) is 29.4 Å². The molecule has 4 rings (SSSR count). The Labute approximate surface area is 162 Å². The van der Waals surface area contributed by atoms with Crippen molar-refractivity contribution < 1.29 is 14.3 Å². The van der Waals surface area contributed by atoms with E-state index in [0.717, 1.165) is 22.6 Å². The summed E-state index contributed by atoms with van der Waals surface area (Å²) in [7, 11) is 3.27. The first-order valence-electron chi connectivity index (χ1n) is 8.72. The van der Waals surface area contributed by atoms with Crippen LogP contribution in [0.15, 0.2) is 54.2 Å². The molecule has 6 heteroatoms. The van der Waals surface area contributed by atoms with Crippen molar-refractivity contribution in [2.45, 2.75) is 12.5 Å². The Bertz CT molecular complexity index is 942. The number of thiophene rings is 1. The van der Waals surface area contributed by atoms with Crippen LogP contribution in [-0.4, -0.2) is 36.6 Å². The number of amides is 1. The first kappa shape index (κ1) is 17.5. The van der Waals surface area contributed by atoms with Crippen molar-refractivity contribution in [1.29, 1.82) is 0 Å². The van der Waals surface area contributed by atoms with E-state index in [9.17, 15) is 4.79 Å². The number of pyridine rings is 1. The molecule has 27 heavy (non-hydrogen) atoms. The van der Waals surface area contributed by atoms with Crippen LogP contribution in [0.4, 0.5) is 0 Å². The van der Waals surface area contributed by atoms with Gasteiger partial charge in [-0.15, -0.1) is 11.3 Å². The summed E-state index contributed by atoms with van der Waals surface area (Å²) in [5.74, 6) is 1.40. The summed E-state index contributed by atoms with van der Waals surface area (Å²) in [4.78, 5) is 20.3. The van der Waals surface area contributed by atoms with Crippen LogP contribution in [-0.2, 0) is 6.42 Å². The lowest BCUT2D eigenvalue weighted by Crippen LogP contribution is -2.40. The zero-order valence-electron chi connectivity index (χ0n) is 15.2. The Kier molecular flexibility index (Phi) is 4.81. The number of benzene rings is 1. The molecular weight excluding hydrogens is 360 g/mol. The molecule has 0 aliphatic carbocycles. The van der Waals surface area contributed by atoms with Gasteiger partial charge in [-0.1, -0.05) is 6.07 Å². The third kappa shape index (κ3) is 3.17. The zero-order valence-corrected chi connectivity index (χ0v) is 16.0. The molecule has 3 aromatic rings. The molecule has 0 radical (unpaired) electrons. The minimum absolute atomic E-state index is 0.0104. The van der Waals surface area contributed by atoms with Gasteiger partial charge in [0.1, 0.15) is 0 Å². The molecule has 0 N–H and O–H groups in total. The Morgan fingerprint density at radius 2 is 1.89 bits per heavy atom. The Hall–Kier alpha value is -2.86. The highest BCUT2D eigenvalue weighted by Gasteiger charge is 2.34. The van der Waals surface area contributed by atoms with E-state index in [0.29, 0.717) is 17.9 Å². The second kappa shape index (κ2) is 7.40. The van der Waals surface area contributed by atoms with E-state index < -0.39 is 0 Å². The van der Waals surface area contributed by atoms with Gasteiger partial charge in [-0.2, -0.15) is 0 Å². The number of aromatic nitrogens is 1. The van der Waals surface area contributed by atoms with E-state index in [1.807, 2.05) is 28.5 Å². The lowest BCUT2D eigenvalue weighted by Gasteiger charge is -2.37. The fourth-order valence-corrected chi connectivity index (χ4v) is 4.43. The SMILES string of the molecule is COc1cc2c(cc1OC)[C@H](c1cccs1)N(C(=O)c1ccncc1)CC2. The van der Waals surface area contributed by atoms with Crippen LogP contribution in [0.5, 0.6) is 11.5 Å². The van der Waals surface area contributed by atoms with Crippen LogP contribution in [0, 0.1) is 0 Å². The van der Waals surface area contributed by atoms with Crippen molar-refractivity contribution in [3.8, 4) is 11.5 Å². The van der Waals surface area contributed by atoms with Gasteiger partial charge >= 0.3 is 0 Å². The highest BCUT2D eigenvalue weighted by atomic mass is 32.1. The molecule has 1 aliphatic heterocycles. The molecule has 0 saturated heterocycles. The van der Waals surface area contributed by atoms with Gasteiger partial charge in [0.2, 0.25) is 0 Å². The number of carbonyl (C=O) groups is 1. The van der Waals surface area contributed by atoms with Gasteiger partial charge in [-0.25, -0.2) is 0 Å². The maximum absolute atomic E-state index is 13.2. The van der Waals surface area contributed by atoms with E-state index in [-0.39, 0.29) is 11.9 Å². The second-order valence-electron chi connectivity index (χ2n) is 6.31. The van der Waals surface area contributed by atoms with Crippen molar-refractivity contribution in [3.05, 3.63) is 75.7 Å². The quantitative estimate of drug-likeness (QED) is 0.688. The normalized spacial score (nSPS) is 15.9. The lowest BCUT2D eigenvalue weighted by atomic mass is 9.90. The number of hydrogen-bond acceptors (Lipinski definition) is 5. The number of methoxy groups -OCH3 is 2. The molecule has 1 atom stereocenters. The number of fused-ring (bicyclic) bond motifs is 1. The number of carbonyl (C=O) groups excluding carboxylic acids is 1. The first-order chi connectivity index (χ1) is 13.2. The van der Waals surface area contributed by atoms with Gasteiger partial charge in [0.05, 0.1) is 20.3 Å². The molecule has 1 aliphatic rings. The molecular formula is C21H20N2O3S. The van der Waals surface area contributed by atoms with Crippen LogP contribution in [0.1, 0.15) is 32.4 Å². The molecule has 0 bridgehead atoms. The zero-order chi connectivity index (χ0) is 18.8. The lowest BCUT2D eigenvalue weighted by molar-refractivity contribution is 0.0696. The van der Waals surface area contributed by atoms with Crippen LogP contribution in [0.3, 0.4) is 0 Å². The fraction of sp³-hybridized carbons (Fsp3) is 0.238. The van der Waals surface area contributed by atoms with Gasteiger partial charge in [-0.3, -0.25) is 9.78 Å². The average Bonchev–Trinajstić information content (AvgIpc) is 3.26. The third-order valence-electron chi connectivity index (χ3n) is 4.87. The Morgan fingerprint density at radius 1 is 1.15 bits per heavy atom. The summed E-state index contributed by atoms with van der Waals surface area (Å²) >= 11 is 1.65. The van der Waals surface area contributed by atoms with Crippen molar-refractivity contribution in [2.24, 2.45) is 0 Å². The standard InChI is InChI=1S/C21H20N2O3S/c1-25-17-12-15-7-10-23(21(24)14-5-8-22-9-6-14)20(19-4-3-11-27-19)16(15)13-18(17)26-2/h3-6,8-9,11-13,20H,7,10H2,1-2H3/t20-/m1/s1. The smallest absolute Gasteiger partial charge is 0.254 e. The summed E-state index contributed by atoms with van der Waals surface area (Å²) in [6, 6.07) is 11.5. The van der Waals surface area contributed by atoms with E-state index in [1.54, 1.807) is 50.1 Å². The summed E-state index contributed by atoms with van der Waals surface area (Å²) < 4.78 is 11.0. The van der Waals surface area contributed by atoms with Crippen molar-refractivity contribution in [1.82, 2.24) is 9.88 Å². The van der Waals surface area contributed by atoms with E-state index in [1.165, 1.54) is 5.56 Å². The summed E-state index contributed by atoms with van der Waals surface area (Å²) in [6.07, 6.45) is 4.08. The molecule has 2 aromatic heterocycles. The van der Waals surface area contributed by atoms with Gasteiger partial charge < -0.3 is 14.4 Å². The Balaban J connectivity index is 1.82. The maximum atomic E-state index is 13.2. The van der Waals surface area contributed by atoms with Crippen LogP contribution >= 0.6 is 11.3 Å². The van der Waals surface area contributed by atoms with Crippen LogP contribution in [0.25, 0.3) is 0 Å².